The van der Waals surface area contributed by atoms with Gasteiger partial charge in [-0.15, -0.1) is 0 Å². The number of nitrogen functional groups attached to an aromatic ring is 2. The third kappa shape index (κ3) is 7.17. The molecule has 0 amide bonds. The van der Waals surface area contributed by atoms with Crippen LogP contribution in [0.4, 0.5) is 11.4 Å². The number of fused-ring (bicyclic) bond motifs is 6. The van der Waals surface area contributed by atoms with Gasteiger partial charge in [0.1, 0.15) is 0 Å². The van der Waals surface area contributed by atoms with E-state index in [0.717, 1.165) is 15.7 Å². The quantitative estimate of drug-likeness (QED) is 0.105. The molecule has 0 unspecified atom stereocenters. The number of nitrogens with zero attached hydrogens (tertiary/aromatic N) is 2. The Balaban J connectivity index is 0.000000130. The fourth-order valence-electron chi connectivity index (χ4n) is 7.24. The van der Waals surface area contributed by atoms with Crippen LogP contribution in [-0.2, 0) is 0 Å². The zero-order valence-electron chi connectivity index (χ0n) is 30.4. The van der Waals surface area contributed by atoms with Gasteiger partial charge in [-0.1, -0.05) is 127 Å². The molecule has 0 bridgehead atoms. The summed E-state index contributed by atoms with van der Waals surface area (Å²) in [7, 11) is -1.40. The first-order valence-corrected chi connectivity index (χ1v) is 19.1. The lowest BCUT2D eigenvalue weighted by atomic mass is 9.80. The first-order valence-electron chi connectivity index (χ1n) is 18.3. The molecular weight excluding hydrogens is 755 g/mol. The van der Waals surface area contributed by atoms with Crippen molar-refractivity contribution in [3.8, 4) is 22.5 Å². The molecule has 8 heteroatoms. The van der Waals surface area contributed by atoms with Crippen LogP contribution in [0.5, 0.6) is 0 Å². The van der Waals surface area contributed by atoms with Crippen molar-refractivity contribution in [3.63, 3.8) is 0 Å². The Bertz CT molecular complexity index is 2830. The maximum atomic E-state index is 8.63. The number of halogens is 1. The molecule has 0 aliphatic heterocycles. The molecule has 0 fully saturated rings. The number of hydrogen-bond donors (Lipinski definition) is 4. The third-order valence-electron chi connectivity index (χ3n) is 9.85. The first-order chi connectivity index (χ1) is 27.4. The van der Waals surface area contributed by atoms with E-state index in [2.05, 4.69) is 177 Å². The second-order valence-electron chi connectivity index (χ2n) is 13.4. The van der Waals surface area contributed by atoms with Crippen molar-refractivity contribution in [2.45, 2.75) is 0 Å². The van der Waals surface area contributed by atoms with Gasteiger partial charge in [-0.25, -0.2) is 0 Å². The van der Waals surface area contributed by atoms with Crippen molar-refractivity contribution >= 4 is 83.5 Å². The van der Waals surface area contributed by atoms with E-state index in [4.69, 9.17) is 21.5 Å². The smallest absolute Gasteiger partial charge is 0.423 e. The predicted molar refractivity (Wildman–Crippen MR) is 240 cm³/mol. The van der Waals surface area contributed by atoms with E-state index in [1.807, 2.05) is 18.2 Å². The summed E-state index contributed by atoms with van der Waals surface area (Å²) in [5.74, 6) is 0. The SMILES string of the molecule is Brc1ccccc1-n1c2ccccc2c2ccccc21.Nc1ccc(-c2ccccc2-n2c3ccccc3c3ccccc32)cc1.Nc1ccc(B(O)O)cc1. The number of para-hydroxylation sites is 6. The predicted octanol–water partition coefficient (Wildman–Crippen LogP) is 10.5. The van der Waals surface area contributed by atoms with Crippen LogP contribution in [0.25, 0.3) is 66.1 Å². The van der Waals surface area contributed by atoms with Gasteiger partial charge in [-0.05, 0) is 93.7 Å². The van der Waals surface area contributed by atoms with Gasteiger partial charge >= 0.3 is 7.12 Å². The van der Waals surface area contributed by atoms with E-state index in [0.29, 0.717) is 11.2 Å². The van der Waals surface area contributed by atoms with Crippen molar-refractivity contribution in [1.82, 2.24) is 9.13 Å². The molecule has 6 nitrogen and oxygen atoms in total. The van der Waals surface area contributed by atoms with Crippen molar-refractivity contribution in [1.29, 1.82) is 0 Å². The molecule has 0 spiro atoms. The molecule has 6 N–H and O–H groups in total. The number of benzene rings is 8. The highest BCUT2D eigenvalue weighted by atomic mass is 79.9. The number of aromatic nitrogens is 2. The highest BCUT2D eigenvalue weighted by Gasteiger charge is 2.15. The Morgan fingerprint density at radius 3 is 1.20 bits per heavy atom. The van der Waals surface area contributed by atoms with Crippen LogP contribution in [0.15, 0.2) is 199 Å². The summed E-state index contributed by atoms with van der Waals surface area (Å²) in [5.41, 5.74) is 22.7. The van der Waals surface area contributed by atoms with E-state index in [1.54, 1.807) is 24.3 Å². The minimum atomic E-state index is -1.40. The van der Waals surface area contributed by atoms with Crippen LogP contribution < -0.4 is 16.9 Å². The average Bonchev–Trinajstić information content (AvgIpc) is 3.75. The van der Waals surface area contributed by atoms with Crippen molar-refractivity contribution in [2.24, 2.45) is 0 Å². The second-order valence-corrected chi connectivity index (χ2v) is 14.2. The van der Waals surface area contributed by atoms with E-state index in [-0.39, 0.29) is 0 Å². The van der Waals surface area contributed by atoms with Gasteiger partial charge in [0, 0.05) is 43.0 Å². The summed E-state index contributed by atoms with van der Waals surface area (Å²) >= 11 is 3.67. The fraction of sp³-hybridized carbons (Fsp3) is 0. The molecule has 0 radical (unpaired) electrons. The molecule has 10 rings (SSSR count). The highest BCUT2D eigenvalue weighted by molar-refractivity contribution is 9.10. The Kier molecular flexibility index (Phi) is 10.4. The van der Waals surface area contributed by atoms with Gasteiger partial charge in [-0.3, -0.25) is 0 Å². The van der Waals surface area contributed by atoms with Gasteiger partial charge < -0.3 is 30.6 Å². The summed E-state index contributed by atoms with van der Waals surface area (Å²) in [6.07, 6.45) is 0. The molecule has 0 aliphatic carbocycles. The number of hydrogen-bond acceptors (Lipinski definition) is 4. The third-order valence-corrected chi connectivity index (χ3v) is 10.5. The topological polar surface area (TPSA) is 102 Å². The van der Waals surface area contributed by atoms with Crippen molar-refractivity contribution < 1.29 is 10.0 Å². The summed E-state index contributed by atoms with van der Waals surface area (Å²) < 4.78 is 5.77. The molecule has 2 heterocycles. The van der Waals surface area contributed by atoms with E-state index >= 15 is 0 Å². The second kappa shape index (κ2) is 16.0. The van der Waals surface area contributed by atoms with Gasteiger partial charge in [-0.2, -0.15) is 0 Å². The van der Waals surface area contributed by atoms with Gasteiger partial charge in [0.2, 0.25) is 0 Å². The number of nitrogens with two attached hydrogens (primary N) is 2. The van der Waals surface area contributed by atoms with Gasteiger partial charge in [0.05, 0.1) is 33.4 Å². The highest BCUT2D eigenvalue weighted by Crippen LogP contribution is 2.37. The molecule has 272 valence electrons. The Morgan fingerprint density at radius 2 is 0.750 bits per heavy atom. The molecule has 8 aromatic carbocycles. The van der Waals surface area contributed by atoms with Crippen molar-refractivity contribution in [2.75, 3.05) is 11.5 Å². The van der Waals surface area contributed by atoms with Crippen LogP contribution in [0.1, 0.15) is 0 Å². The maximum Gasteiger partial charge on any atom is 0.488 e. The number of rotatable bonds is 4. The van der Waals surface area contributed by atoms with Crippen LogP contribution in [-0.4, -0.2) is 26.3 Å². The average molecular weight is 794 g/mol. The van der Waals surface area contributed by atoms with Gasteiger partial charge in [0.25, 0.3) is 0 Å². The molecule has 56 heavy (non-hydrogen) atoms. The summed E-state index contributed by atoms with van der Waals surface area (Å²) in [6.45, 7) is 0. The van der Waals surface area contributed by atoms with Gasteiger partial charge in [0.15, 0.2) is 0 Å². The lowest BCUT2D eigenvalue weighted by Gasteiger charge is -2.14. The maximum absolute atomic E-state index is 8.63. The van der Waals surface area contributed by atoms with Crippen LogP contribution in [0.2, 0.25) is 0 Å². The zero-order chi connectivity index (χ0) is 38.6. The molecule has 0 saturated carbocycles. The molecule has 0 atom stereocenters. The van der Waals surface area contributed by atoms with E-state index in [9.17, 15) is 0 Å². The summed E-state index contributed by atoms with van der Waals surface area (Å²) in [5, 5.41) is 22.4. The Hall–Kier alpha value is -6.58. The first kappa shape index (κ1) is 36.4. The summed E-state index contributed by atoms with van der Waals surface area (Å²) in [6, 6.07) is 65.6. The fourth-order valence-corrected chi connectivity index (χ4v) is 7.70. The standard InChI is InChI=1S/C24H18N2.C18H12BrN.C6H8BNO2/c25-18-15-13-17(14-16-18)19-7-1-4-10-22(19)26-23-11-5-2-8-20(23)21-9-3-6-12-24(21)26;19-15-9-3-6-12-18(15)20-16-10-4-1-7-13(16)14-8-2-5-11-17(14)20;8-6-3-1-5(2-4-6)7(9)10/h1-16H,25H2;1-12H;1-4,9-10H,8H2. The molecule has 10 aromatic rings. The Morgan fingerprint density at radius 1 is 0.393 bits per heavy atom. The molecule has 0 aliphatic rings. The Labute approximate surface area is 333 Å². The van der Waals surface area contributed by atoms with Crippen LogP contribution in [0, 0.1) is 0 Å². The lowest BCUT2D eigenvalue weighted by molar-refractivity contribution is 0.426. The summed E-state index contributed by atoms with van der Waals surface area (Å²) in [4.78, 5) is 0. The minimum Gasteiger partial charge on any atom is -0.423 e. The lowest BCUT2D eigenvalue weighted by Crippen LogP contribution is -2.29. The zero-order valence-corrected chi connectivity index (χ0v) is 32.0. The molecular formula is C48H38BBrN4O2. The minimum absolute atomic E-state index is 0.453. The van der Waals surface area contributed by atoms with E-state index in [1.165, 1.54) is 60.5 Å². The van der Waals surface area contributed by atoms with Crippen molar-refractivity contribution in [3.05, 3.63) is 199 Å². The van der Waals surface area contributed by atoms with Crippen LogP contribution >= 0.6 is 15.9 Å². The molecule has 0 saturated heterocycles. The van der Waals surface area contributed by atoms with Crippen LogP contribution in [0.3, 0.4) is 0 Å². The number of anilines is 2. The monoisotopic (exact) mass is 792 g/mol. The largest absolute Gasteiger partial charge is 0.488 e. The normalized spacial score (nSPS) is 10.9. The van der Waals surface area contributed by atoms with E-state index < -0.39 is 7.12 Å². The molecule has 2 aromatic heterocycles.